The molecule has 27 heavy (non-hydrogen) atoms. The lowest BCUT2D eigenvalue weighted by molar-refractivity contribution is 0.194. The van der Waals surface area contributed by atoms with E-state index in [1.165, 1.54) is 5.56 Å². The summed E-state index contributed by atoms with van der Waals surface area (Å²) in [5.41, 5.74) is 3.62. The van der Waals surface area contributed by atoms with Crippen molar-refractivity contribution in [1.29, 1.82) is 5.41 Å². The number of urea groups is 1. The minimum atomic E-state index is -0.0547. The van der Waals surface area contributed by atoms with E-state index in [9.17, 15) is 4.79 Å². The molecule has 2 N–H and O–H groups in total. The Bertz CT molecular complexity index is 778. The van der Waals surface area contributed by atoms with E-state index >= 15 is 0 Å². The highest BCUT2D eigenvalue weighted by molar-refractivity contribution is 6.30. The molecule has 1 aliphatic rings. The third-order valence-electron chi connectivity index (χ3n) is 5.11. The van der Waals surface area contributed by atoms with E-state index in [0.29, 0.717) is 11.6 Å². The third kappa shape index (κ3) is 5.10. The van der Waals surface area contributed by atoms with Gasteiger partial charge < -0.3 is 15.6 Å². The maximum atomic E-state index is 12.5. The van der Waals surface area contributed by atoms with Gasteiger partial charge in [0.1, 0.15) is 0 Å². The van der Waals surface area contributed by atoms with Crippen LogP contribution in [0.1, 0.15) is 49.7 Å². The van der Waals surface area contributed by atoms with Gasteiger partial charge in [0, 0.05) is 29.5 Å². The molecule has 2 amide bonds. The minimum absolute atomic E-state index is 0.0547. The van der Waals surface area contributed by atoms with Crippen molar-refractivity contribution in [2.75, 3.05) is 18.4 Å². The number of hydrogen-bond donors (Lipinski definition) is 2. The summed E-state index contributed by atoms with van der Waals surface area (Å²) in [6.45, 7) is 3.57. The molecule has 1 saturated heterocycles. The van der Waals surface area contributed by atoms with E-state index in [1.807, 2.05) is 41.3 Å². The number of carbonyl (C=O) groups is 1. The molecule has 0 unspecified atom stereocenters. The van der Waals surface area contributed by atoms with E-state index in [2.05, 4.69) is 24.4 Å². The molecule has 142 valence electrons. The van der Waals surface area contributed by atoms with Gasteiger partial charge in [-0.25, -0.2) is 4.79 Å². The number of rotatable bonds is 5. The van der Waals surface area contributed by atoms with Crippen molar-refractivity contribution in [3.8, 4) is 0 Å². The Balaban J connectivity index is 1.52. The van der Waals surface area contributed by atoms with Gasteiger partial charge in [-0.05, 0) is 60.6 Å². The molecule has 0 aliphatic carbocycles. The molecule has 3 rings (SSSR count). The molecule has 1 fully saturated rings. The van der Waals surface area contributed by atoms with Gasteiger partial charge in [-0.3, -0.25) is 0 Å². The first-order valence-electron chi connectivity index (χ1n) is 9.56. The number of amides is 2. The SMILES string of the molecule is CCCC(=N)c1ccc(NC(=O)N2CCC(c3ccc(Cl)cc3)CC2)cc1. The zero-order valence-electron chi connectivity index (χ0n) is 15.7. The maximum Gasteiger partial charge on any atom is 0.321 e. The normalized spacial score (nSPS) is 14.8. The minimum Gasteiger partial charge on any atom is -0.324 e. The fraction of sp³-hybridized carbons (Fsp3) is 0.364. The van der Waals surface area contributed by atoms with Gasteiger partial charge in [0.25, 0.3) is 0 Å². The number of likely N-dealkylation sites (tertiary alicyclic amines) is 1. The number of carbonyl (C=O) groups excluding carboxylic acids is 1. The van der Waals surface area contributed by atoms with Crippen LogP contribution in [0, 0.1) is 5.41 Å². The Morgan fingerprint density at radius 2 is 1.74 bits per heavy atom. The molecule has 5 heteroatoms. The molecule has 0 radical (unpaired) electrons. The van der Waals surface area contributed by atoms with Gasteiger partial charge in [0.05, 0.1) is 0 Å². The Hall–Kier alpha value is -2.33. The fourth-order valence-corrected chi connectivity index (χ4v) is 3.63. The number of benzene rings is 2. The van der Waals surface area contributed by atoms with Crippen molar-refractivity contribution in [3.05, 3.63) is 64.7 Å². The Morgan fingerprint density at radius 3 is 2.33 bits per heavy atom. The van der Waals surface area contributed by atoms with Crippen LogP contribution in [0.4, 0.5) is 10.5 Å². The van der Waals surface area contributed by atoms with Crippen molar-refractivity contribution < 1.29 is 4.79 Å². The lowest BCUT2D eigenvalue weighted by Gasteiger charge is -2.32. The van der Waals surface area contributed by atoms with Crippen LogP contribution >= 0.6 is 11.6 Å². The molecule has 2 aromatic carbocycles. The summed E-state index contributed by atoms with van der Waals surface area (Å²) < 4.78 is 0. The number of anilines is 1. The molecule has 0 bridgehead atoms. The summed E-state index contributed by atoms with van der Waals surface area (Å²) >= 11 is 5.96. The van der Waals surface area contributed by atoms with Crippen LogP contribution in [-0.4, -0.2) is 29.7 Å². The number of halogens is 1. The quantitative estimate of drug-likeness (QED) is 0.618. The van der Waals surface area contributed by atoms with E-state index in [1.54, 1.807) is 0 Å². The Labute approximate surface area is 166 Å². The van der Waals surface area contributed by atoms with E-state index in [4.69, 9.17) is 17.0 Å². The second-order valence-corrected chi connectivity index (χ2v) is 7.49. The molecule has 1 aliphatic heterocycles. The van der Waals surface area contributed by atoms with Crippen LogP contribution in [0.2, 0.25) is 5.02 Å². The largest absolute Gasteiger partial charge is 0.324 e. The van der Waals surface area contributed by atoms with Gasteiger partial charge in [-0.1, -0.05) is 49.2 Å². The van der Waals surface area contributed by atoms with Crippen LogP contribution in [0.25, 0.3) is 0 Å². The first kappa shape index (κ1) is 19.4. The lowest BCUT2D eigenvalue weighted by Crippen LogP contribution is -2.40. The highest BCUT2D eigenvalue weighted by Crippen LogP contribution is 2.29. The van der Waals surface area contributed by atoms with Gasteiger partial charge in [0.2, 0.25) is 0 Å². The number of piperidine rings is 1. The van der Waals surface area contributed by atoms with Crippen LogP contribution in [0.5, 0.6) is 0 Å². The van der Waals surface area contributed by atoms with Crippen LogP contribution < -0.4 is 5.32 Å². The fourth-order valence-electron chi connectivity index (χ4n) is 3.50. The van der Waals surface area contributed by atoms with E-state index in [0.717, 1.165) is 55.0 Å². The molecule has 0 saturated carbocycles. The zero-order valence-corrected chi connectivity index (χ0v) is 16.4. The first-order valence-corrected chi connectivity index (χ1v) is 9.94. The van der Waals surface area contributed by atoms with Crippen LogP contribution in [0.15, 0.2) is 48.5 Å². The summed E-state index contributed by atoms with van der Waals surface area (Å²) in [5, 5.41) is 11.7. The first-order chi connectivity index (χ1) is 13.1. The van der Waals surface area contributed by atoms with Crippen molar-refractivity contribution in [2.45, 2.75) is 38.5 Å². The topological polar surface area (TPSA) is 56.2 Å². The molecule has 0 atom stereocenters. The predicted molar refractivity (Wildman–Crippen MR) is 112 cm³/mol. The van der Waals surface area contributed by atoms with Gasteiger partial charge in [-0.2, -0.15) is 0 Å². The molecule has 0 aromatic heterocycles. The average molecular weight is 384 g/mol. The van der Waals surface area contributed by atoms with Crippen molar-refractivity contribution in [2.24, 2.45) is 0 Å². The Kier molecular flexibility index (Phi) is 6.51. The van der Waals surface area contributed by atoms with Gasteiger partial charge >= 0.3 is 6.03 Å². The molecule has 4 nitrogen and oxygen atoms in total. The summed E-state index contributed by atoms with van der Waals surface area (Å²) in [4.78, 5) is 14.4. The van der Waals surface area contributed by atoms with Gasteiger partial charge in [-0.15, -0.1) is 0 Å². The van der Waals surface area contributed by atoms with E-state index < -0.39 is 0 Å². The van der Waals surface area contributed by atoms with E-state index in [-0.39, 0.29) is 6.03 Å². The summed E-state index contributed by atoms with van der Waals surface area (Å²) in [6.07, 6.45) is 3.65. The highest BCUT2D eigenvalue weighted by atomic mass is 35.5. The second-order valence-electron chi connectivity index (χ2n) is 7.05. The predicted octanol–water partition coefficient (Wildman–Crippen LogP) is 5.92. The van der Waals surface area contributed by atoms with Crippen LogP contribution in [0.3, 0.4) is 0 Å². The van der Waals surface area contributed by atoms with Crippen molar-refractivity contribution in [3.63, 3.8) is 0 Å². The third-order valence-corrected chi connectivity index (χ3v) is 5.36. The molecular weight excluding hydrogens is 358 g/mol. The van der Waals surface area contributed by atoms with Crippen LogP contribution in [-0.2, 0) is 0 Å². The standard InChI is InChI=1S/C22H26ClN3O/c1-2-3-21(24)18-6-10-20(11-7-18)25-22(27)26-14-12-17(13-15-26)16-4-8-19(23)9-5-16/h4-11,17,24H,2-3,12-15H2,1H3,(H,25,27). The highest BCUT2D eigenvalue weighted by Gasteiger charge is 2.23. The summed E-state index contributed by atoms with van der Waals surface area (Å²) in [7, 11) is 0. The maximum absolute atomic E-state index is 12.5. The second kappa shape index (κ2) is 9.05. The van der Waals surface area contributed by atoms with Crippen molar-refractivity contribution in [1.82, 2.24) is 4.90 Å². The monoisotopic (exact) mass is 383 g/mol. The smallest absolute Gasteiger partial charge is 0.321 e. The van der Waals surface area contributed by atoms with Crippen molar-refractivity contribution >= 4 is 29.0 Å². The molecule has 0 spiro atoms. The number of nitrogens with one attached hydrogen (secondary N) is 2. The van der Waals surface area contributed by atoms with Gasteiger partial charge in [0.15, 0.2) is 0 Å². The summed E-state index contributed by atoms with van der Waals surface area (Å²) in [5.74, 6) is 0.482. The Morgan fingerprint density at radius 1 is 1.11 bits per heavy atom. The summed E-state index contributed by atoms with van der Waals surface area (Å²) in [6, 6.07) is 15.5. The zero-order chi connectivity index (χ0) is 19.2. The number of hydrogen-bond acceptors (Lipinski definition) is 2. The lowest BCUT2D eigenvalue weighted by atomic mass is 9.89. The number of nitrogens with zero attached hydrogens (tertiary/aromatic N) is 1. The molecular formula is C22H26ClN3O. The molecule has 2 aromatic rings. The average Bonchev–Trinajstić information content (AvgIpc) is 2.69. The molecule has 1 heterocycles.